The van der Waals surface area contributed by atoms with Crippen LogP contribution in [0.1, 0.15) is 46.0 Å². The number of aliphatic hydroxyl groups excluding tert-OH is 1. The summed E-state index contributed by atoms with van der Waals surface area (Å²) < 4.78 is 5.02. The molecule has 1 aliphatic rings. The van der Waals surface area contributed by atoms with Gasteiger partial charge in [-0.15, -0.1) is 0 Å². The lowest BCUT2D eigenvalue weighted by atomic mass is 9.79. The average Bonchev–Trinajstić information content (AvgIpc) is 2.49. The van der Waals surface area contributed by atoms with Gasteiger partial charge in [-0.3, -0.25) is 4.79 Å². The minimum atomic E-state index is -1.30. The molecule has 0 heterocycles. The summed E-state index contributed by atoms with van der Waals surface area (Å²) in [5, 5.41) is 18.7. The van der Waals surface area contributed by atoms with Crippen LogP contribution in [0.15, 0.2) is 0 Å². The fourth-order valence-corrected chi connectivity index (χ4v) is 2.52. The third-order valence-corrected chi connectivity index (χ3v) is 4.14. The SMILES string of the molecule is CCC(C)C(=O)OCCOOCC1CCCCC1C(O)O. The lowest BCUT2D eigenvalue weighted by Crippen LogP contribution is -2.33. The van der Waals surface area contributed by atoms with Gasteiger partial charge in [0.25, 0.3) is 0 Å². The van der Waals surface area contributed by atoms with E-state index in [9.17, 15) is 15.0 Å². The van der Waals surface area contributed by atoms with Gasteiger partial charge in [-0.05, 0) is 25.2 Å². The van der Waals surface area contributed by atoms with Gasteiger partial charge in [-0.1, -0.05) is 26.7 Å². The second kappa shape index (κ2) is 10.1. The van der Waals surface area contributed by atoms with Crippen LogP contribution in [0.25, 0.3) is 0 Å². The van der Waals surface area contributed by atoms with Crippen LogP contribution < -0.4 is 0 Å². The van der Waals surface area contributed by atoms with E-state index in [0.717, 1.165) is 32.1 Å². The van der Waals surface area contributed by atoms with Gasteiger partial charge in [-0.25, -0.2) is 9.78 Å². The highest BCUT2D eigenvalue weighted by atomic mass is 17.2. The Labute approximate surface area is 126 Å². The van der Waals surface area contributed by atoms with E-state index in [-0.39, 0.29) is 36.9 Å². The second-order valence-electron chi connectivity index (χ2n) is 5.71. The molecule has 2 N–H and O–H groups in total. The second-order valence-corrected chi connectivity index (χ2v) is 5.71. The summed E-state index contributed by atoms with van der Waals surface area (Å²) in [6.07, 6.45) is 3.26. The Morgan fingerprint density at radius 3 is 2.57 bits per heavy atom. The number of aliphatic hydroxyl groups is 2. The molecule has 0 amide bonds. The van der Waals surface area contributed by atoms with Crippen molar-refractivity contribution in [1.29, 1.82) is 0 Å². The minimum absolute atomic E-state index is 0.0973. The Morgan fingerprint density at radius 2 is 1.90 bits per heavy atom. The molecule has 1 saturated carbocycles. The molecule has 21 heavy (non-hydrogen) atoms. The van der Waals surface area contributed by atoms with E-state index in [1.165, 1.54) is 0 Å². The number of rotatable bonds is 9. The Balaban J connectivity index is 2.09. The Bertz CT molecular complexity index is 294. The Kier molecular flexibility index (Phi) is 8.84. The monoisotopic (exact) mass is 304 g/mol. The van der Waals surface area contributed by atoms with E-state index in [4.69, 9.17) is 14.5 Å². The van der Waals surface area contributed by atoms with Gasteiger partial charge in [0.05, 0.1) is 12.5 Å². The molecule has 0 saturated heterocycles. The quantitative estimate of drug-likeness (QED) is 0.221. The molecule has 124 valence electrons. The van der Waals surface area contributed by atoms with Crippen molar-refractivity contribution in [2.24, 2.45) is 17.8 Å². The molecule has 0 aromatic heterocycles. The molecule has 1 fully saturated rings. The first kappa shape index (κ1) is 18.4. The van der Waals surface area contributed by atoms with Gasteiger partial charge in [0.1, 0.15) is 13.2 Å². The summed E-state index contributed by atoms with van der Waals surface area (Å²) in [6, 6.07) is 0. The maximum atomic E-state index is 11.4. The molecular weight excluding hydrogens is 276 g/mol. The first-order chi connectivity index (χ1) is 10.1. The fraction of sp³-hybridized carbons (Fsp3) is 0.933. The Morgan fingerprint density at radius 1 is 1.19 bits per heavy atom. The molecule has 0 aliphatic heterocycles. The standard InChI is InChI=1S/C15H28O6/c1-3-11(2)15(18)19-8-9-20-21-10-12-6-4-5-7-13(12)14(16)17/h11-14,16-17H,3-10H2,1-2H3. The number of esters is 1. The van der Waals surface area contributed by atoms with Crippen molar-refractivity contribution in [3.63, 3.8) is 0 Å². The molecule has 0 aromatic carbocycles. The summed E-state index contributed by atoms with van der Waals surface area (Å²) in [4.78, 5) is 21.5. The maximum absolute atomic E-state index is 11.4. The molecule has 6 nitrogen and oxygen atoms in total. The summed E-state index contributed by atoms with van der Waals surface area (Å²) >= 11 is 0. The highest BCUT2D eigenvalue weighted by Gasteiger charge is 2.30. The molecular formula is C15H28O6. The topological polar surface area (TPSA) is 85.2 Å². The van der Waals surface area contributed by atoms with Crippen molar-refractivity contribution in [3.05, 3.63) is 0 Å². The molecule has 3 atom stereocenters. The fourth-order valence-electron chi connectivity index (χ4n) is 2.52. The van der Waals surface area contributed by atoms with Crippen LogP contribution in [0.5, 0.6) is 0 Å². The number of hydrogen-bond donors (Lipinski definition) is 2. The minimum Gasteiger partial charge on any atom is -0.463 e. The van der Waals surface area contributed by atoms with Crippen molar-refractivity contribution in [3.8, 4) is 0 Å². The first-order valence-corrected chi connectivity index (χ1v) is 7.83. The summed E-state index contributed by atoms with van der Waals surface area (Å²) in [5.74, 6) is -0.371. The largest absolute Gasteiger partial charge is 0.463 e. The van der Waals surface area contributed by atoms with Crippen LogP contribution in [0, 0.1) is 17.8 Å². The number of carbonyl (C=O) groups is 1. The van der Waals surface area contributed by atoms with E-state index in [0.29, 0.717) is 6.61 Å². The van der Waals surface area contributed by atoms with Crippen LogP contribution in [-0.4, -0.2) is 42.3 Å². The Hall–Kier alpha value is -0.690. The molecule has 0 aromatic rings. The lowest BCUT2D eigenvalue weighted by molar-refractivity contribution is -0.310. The van der Waals surface area contributed by atoms with Crippen molar-refractivity contribution in [2.75, 3.05) is 19.8 Å². The molecule has 0 spiro atoms. The van der Waals surface area contributed by atoms with Crippen molar-refractivity contribution < 1.29 is 29.5 Å². The van der Waals surface area contributed by atoms with Crippen LogP contribution in [0.2, 0.25) is 0 Å². The van der Waals surface area contributed by atoms with E-state index < -0.39 is 6.29 Å². The van der Waals surface area contributed by atoms with Crippen molar-refractivity contribution in [2.45, 2.75) is 52.2 Å². The summed E-state index contributed by atoms with van der Waals surface area (Å²) in [7, 11) is 0. The van der Waals surface area contributed by atoms with E-state index in [1.54, 1.807) is 0 Å². The van der Waals surface area contributed by atoms with Gasteiger partial charge in [0.2, 0.25) is 0 Å². The zero-order valence-corrected chi connectivity index (χ0v) is 13.0. The maximum Gasteiger partial charge on any atom is 0.308 e. The molecule has 0 radical (unpaired) electrons. The van der Waals surface area contributed by atoms with Gasteiger partial charge in [0.15, 0.2) is 6.29 Å². The van der Waals surface area contributed by atoms with Gasteiger partial charge >= 0.3 is 5.97 Å². The number of hydrogen-bond acceptors (Lipinski definition) is 6. The highest BCUT2D eigenvalue weighted by Crippen LogP contribution is 2.31. The number of carbonyl (C=O) groups excluding carboxylic acids is 1. The van der Waals surface area contributed by atoms with Crippen LogP contribution in [0.4, 0.5) is 0 Å². The van der Waals surface area contributed by atoms with Crippen LogP contribution >= 0.6 is 0 Å². The highest BCUT2D eigenvalue weighted by molar-refractivity contribution is 5.71. The third kappa shape index (κ3) is 6.74. The average molecular weight is 304 g/mol. The van der Waals surface area contributed by atoms with Gasteiger partial charge in [0, 0.05) is 5.92 Å². The van der Waals surface area contributed by atoms with E-state index in [2.05, 4.69) is 0 Å². The van der Waals surface area contributed by atoms with Crippen molar-refractivity contribution in [1.82, 2.24) is 0 Å². The molecule has 6 heteroatoms. The third-order valence-electron chi connectivity index (χ3n) is 4.14. The summed E-state index contributed by atoms with van der Waals surface area (Å²) in [6.45, 7) is 4.44. The zero-order valence-electron chi connectivity index (χ0n) is 13.0. The van der Waals surface area contributed by atoms with Gasteiger partial charge in [-0.2, -0.15) is 0 Å². The predicted octanol–water partition coefficient (Wildman–Crippen LogP) is 1.64. The molecule has 1 rings (SSSR count). The molecule has 3 unspecified atom stereocenters. The molecule has 1 aliphatic carbocycles. The number of ether oxygens (including phenoxy) is 1. The van der Waals surface area contributed by atoms with Gasteiger partial charge < -0.3 is 14.9 Å². The van der Waals surface area contributed by atoms with Crippen molar-refractivity contribution >= 4 is 5.97 Å². The molecule has 0 bridgehead atoms. The van der Waals surface area contributed by atoms with E-state index in [1.807, 2.05) is 13.8 Å². The zero-order chi connectivity index (χ0) is 15.7. The predicted molar refractivity (Wildman–Crippen MR) is 76.0 cm³/mol. The lowest BCUT2D eigenvalue weighted by Gasteiger charge is -2.31. The van der Waals surface area contributed by atoms with Crippen LogP contribution in [0.3, 0.4) is 0 Å². The smallest absolute Gasteiger partial charge is 0.308 e. The van der Waals surface area contributed by atoms with E-state index >= 15 is 0 Å². The normalized spacial score (nSPS) is 24.0. The first-order valence-electron chi connectivity index (χ1n) is 7.83. The van der Waals surface area contributed by atoms with Crippen LogP contribution in [-0.2, 0) is 19.3 Å². The summed E-state index contributed by atoms with van der Waals surface area (Å²) in [5.41, 5.74) is 0.